The van der Waals surface area contributed by atoms with Gasteiger partial charge in [0.1, 0.15) is 6.10 Å². The van der Waals surface area contributed by atoms with Gasteiger partial charge in [-0.3, -0.25) is 4.79 Å². The summed E-state index contributed by atoms with van der Waals surface area (Å²) in [5, 5.41) is 2.34. The van der Waals surface area contributed by atoms with Crippen LogP contribution in [0.4, 0.5) is 0 Å². The monoisotopic (exact) mass is 304 g/mol. The van der Waals surface area contributed by atoms with E-state index in [2.05, 4.69) is 24.3 Å². The zero-order valence-electron chi connectivity index (χ0n) is 13.4. The SMILES string of the molecule is C[C@H](OC(=O)[C@@H](C)c1ccccc1)c1ccc2ccccc2c1. The number of rotatable bonds is 4. The highest BCUT2D eigenvalue weighted by atomic mass is 16.5. The predicted molar refractivity (Wildman–Crippen MR) is 93.3 cm³/mol. The van der Waals surface area contributed by atoms with Crippen LogP contribution in [0.3, 0.4) is 0 Å². The number of carbonyl (C=O) groups excluding carboxylic acids is 1. The van der Waals surface area contributed by atoms with Crippen molar-refractivity contribution in [2.24, 2.45) is 0 Å². The van der Waals surface area contributed by atoms with Gasteiger partial charge in [-0.15, -0.1) is 0 Å². The van der Waals surface area contributed by atoms with Gasteiger partial charge in [0.2, 0.25) is 0 Å². The fraction of sp³-hybridized carbons (Fsp3) is 0.190. The fourth-order valence-corrected chi connectivity index (χ4v) is 2.68. The van der Waals surface area contributed by atoms with Gasteiger partial charge in [0.15, 0.2) is 0 Å². The molecule has 0 bridgehead atoms. The van der Waals surface area contributed by atoms with Crippen LogP contribution in [0, 0.1) is 0 Å². The molecule has 0 spiro atoms. The summed E-state index contributed by atoms with van der Waals surface area (Å²) in [4.78, 5) is 12.4. The normalized spacial score (nSPS) is 13.5. The Morgan fingerprint density at radius 1 is 0.783 bits per heavy atom. The Morgan fingerprint density at radius 3 is 2.17 bits per heavy atom. The van der Waals surface area contributed by atoms with Crippen LogP contribution < -0.4 is 0 Å². The van der Waals surface area contributed by atoms with Crippen LogP contribution in [0.15, 0.2) is 72.8 Å². The number of benzene rings is 3. The Hall–Kier alpha value is -2.61. The highest BCUT2D eigenvalue weighted by molar-refractivity contribution is 5.83. The van der Waals surface area contributed by atoms with Crippen molar-refractivity contribution in [2.45, 2.75) is 25.9 Å². The lowest BCUT2D eigenvalue weighted by Crippen LogP contribution is -2.15. The first-order chi connectivity index (χ1) is 11.1. The lowest BCUT2D eigenvalue weighted by molar-refractivity contribution is -0.150. The van der Waals surface area contributed by atoms with Gasteiger partial charge in [0.25, 0.3) is 0 Å². The molecule has 2 heteroatoms. The predicted octanol–water partition coefficient (Wildman–Crippen LogP) is 5.25. The standard InChI is InChI=1S/C21H20O2/c1-15(17-8-4-3-5-9-17)21(22)23-16(2)19-13-12-18-10-6-7-11-20(18)14-19/h3-16H,1-2H3/t15-,16-/m0/s1. The van der Waals surface area contributed by atoms with Gasteiger partial charge < -0.3 is 4.74 Å². The second-order valence-electron chi connectivity index (χ2n) is 5.82. The van der Waals surface area contributed by atoms with E-state index in [9.17, 15) is 4.79 Å². The van der Waals surface area contributed by atoms with Crippen LogP contribution in [0.2, 0.25) is 0 Å². The molecule has 0 saturated heterocycles. The number of ether oxygens (including phenoxy) is 1. The quantitative estimate of drug-likeness (QED) is 0.615. The van der Waals surface area contributed by atoms with Crippen molar-refractivity contribution < 1.29 is 9.53 Å². The molecule has 0 heterocycles. The third-order valence-electron chi connectivity index (χ3n) is 4.19. The van der Waals surface area contributed by atoms with Crippen LogP contribution in [0.5, 0.6) is 0 Å². The fourth-order valence-electron chi connectivity index (χ4n) is 2.68. The molecule has 0 aliphatic rings. The molecule has 0 saturated carbocycles. The summed E-state index contributed by atoms with van der Waals surface area (Å²) in [6.07, 6.45) is -0.265. The molecular formula is C21H20O2. The van der Waals surface area contributed by atoms with Crippen molar-refractivity contribution in [1.29, 1.82) is 0 Å². The van der Waals surface area contributed by atoms with E-state index in [0.717, 1.165) is 16.5 Å². The topological polar surface area (TPSA) is 26.3 Å². The molecular weight excluding hydrogens is 284 g/mol. The third-order valence-corrected chi connectivity index (χ3v) is 4.19. The lowest BCUT2D eigenvalue weighted by atomic mass is 10.0. The van der Waals surface area contributed by atoms with Gasteiger partial charge in [-0.05, 0) is 41.8 Å². The summed E-state index contributed by atoms with van der Waals surface area (Å²) in [6, 6.07) is 24.1. The maximum Gasteiger partial charge on any atom is 0.313 e. The van der Waals surface area contributed by atoms with E-state index in [1.54, 1.807) is 0 Å². The molecule has 0 fully saturated rings. The Balaban J connectivity index is 1.74. The minimum absolute atomic E-state index is 0.197. The smallest absolute Gasteiger partial charge is 0.313 e. The average molecular weight is 304 g/mol. The van der Waals surface area contributed by atoms with Gasteiger partial charge in [0, 0.05) is 0 Å². The van der Waals surface area contributed by atoms with Crippen molar-refractivity contribution in [3.63, 3.8) is 0 Å². The summed E-state index contributed by atoms with van der Waals surface area (Å²) in [5.41, 5.74) is 1.99. The first kappa shape index (κ1) is 15.3. The molecule has 2 atom stereocenters. The molecule has 0 amide bonds. The van der Waals surface area contributed by atoms with E-state index in [1.165, 1.54) is 5.39 Å². The van der Waals surface area contributed by atoms with Crippen LogP contribution in [0.25, 0.3) is 10.8 Å². The Labute approximate surface area is 136 Å². The van der Waals surface area contributed by atoms with Crippen molar-refractivity contribution in [1.82, 2.24) is 0 Å². The molecule has 3 rings (SSSR count). The molecule has 3 aromatic rings. The summed E-state index contributed by atoms with van der Waals surface area (Å²) in [7, 11) is 0. The van der Waals surface area contributed by atoms with Crippen molar-refractivity contribution in [3.05, 3.63) is 83.9 Å². The van der Waals surface area contributed by atoms with Crippen molar-refractivity contribution in [3.8, 4) is 0 Å². The van der Waals surface area contributed by atoms with Gasteiger partial charge >= 0.3 is 5.97 Å². The van der Waals surface area contributed by atoms with Crippen LogP contribution in [-0.4, -0.2) is 5.97 Å². The zero-order chi connectivity index (χ0) is 16.2. The van der Waals surface area contributed by atoms with E-state index >= 15 is 0 Å². The van der Waals surface area contributed by atoms with Gasteiger partial charge in [0.05, 0.1) is 5.92 Å². The summed E-state index contributed by atoms with van der Waals surface area (Å²) in [6.45, 7) is 3.80. The average Bonchev–Trinajstić information content (AvgIpc) is 2.61. The molecule has 0 aromatic heterocycles. The number of hydrogen-bond acceptors (Lipinski definition) is 2. The van der Waals surface area contributed by atoms with E-state index in [4.69, 9.17) is 4.74 Å². The molecule has 0 aliphatic heterocycles. The number of esters is 1. The Bertz CT molecular complexity index is 808. The second kappa shape index (κ2) is 6.66. The van der Waals surface area contributed by atoms with E-state index in [1.807, 2.05) is 62.4 Å². The van der Waals surface area contributed by atoms with Crippen LogP contribution in [-0.2, 0) is 9.53 Å². The molecule has 0 N–H and O–H groups in total. The van der Waals surface area contributed by atoms with E-state index < -0.39 is 0 Å². The lowest BCUT2D eigenvalue weighted by Gasteiger charge is -2.18. The summed E-state index contributed by atoms with van der Waals surface area (Å²) >= 11 is 0. The van der Waals surface area contributed by atoms with E-state index in [0.29, 0.717) is 0 Å². The molecule has 116 valence electrons. The molecule has 0 radical (unpaired) electrons. The number of fused-ring (bicyclic) bond motifs is 1. The Kier molecular flexibility index (Phi) is 4.42. The molecule has 3 aromatic carbocycles. The van der Waals surface area contributed by atoms with Crippen molar-refractivity contribution in [2.75, 3.05) is 0 Å². The largest absolute Gasteiger partial charge is 0.457 e. The Morgan fingerprint density at radius 2 is 1.43 bits per heavy atom. The summed E-state index contributed by atoms with van der Waals surface area (Å²) < 4.78 is 5.66. The molecule has 0 aliphatic carbocycles. The molecule has 23 heavy (non-hydrogen) atoms. The minimum Gasteiger partial charge on any atom is -0.457 e. The maximum atomic E-state index is 12.4. The summed E-state index contributed by atoms with van der Waals surface area (Å²) in [5.74, 6) is -0.462. The number of hydrogen-bond donors (Lipinski definition) is 0. The highest BCUT2D eigenvalue weighted by Gasteiger charge is 2.19. The number of carbonyl (C=O) groups is 1. The highest BCUT2D eigenvalue weighted by Crippen LogP contribution is 2.25. The van der Waals surface area contributed by atoms with Crippen molar-refractivity contribution >= 4 is 16.7 Å². The third kappa shape index (κ3) is 3.42. The minimum atomic E-state index is -0.265. The first-order valence-electron chi connectivity index (χ1n) is 7.89. The maximum absolute atomic E-state index is 12.4. The van der Waals surface area contributed by atoms with Crippen LogP contribution >= 0.6 is 0 Å². The van der Waals surface area contributed by atoms with Gasteiger partial charge in [-0.1, -0.05) is 66.7 Å². The molecule has 2 nitrogen and oxygen atoms in total. The van der Waals surface area contributed by atoms with E-state index in [-0.39, 0.29) is 18.0 Å². The first-order valence-corrected chi connectivity index (χ1v) is 7.89. The van der Waals surface area contributed by atoms with Gasteiger partial charge in [-0.25, -0.2) is 0 Å². The zero-order valence-corrected chi connectivity index (χ0v) is 13.4. The molecule has 0 unspecified atom stereocenters. The second-order valence-corrected chi connectivity index (χ2v) is 5.82. The van der Waals surface area contributed by atoms with Gasteiger partial charge in [-0.2, -0.15) is 0 Å². The van der Waals surface area contributed by atoms with Crippen LogP contribution in [0.1, 0.15) is 37.0 Å².